The summed E-state index contributed by atoms with van der Waals surface area (Å²) >= 11 is 10.2. The first-order valence-corrected chi connectivity index (χ1v) is 25.4. The summed E-state index contributed by atoms with van der Waals surface area (Å²) in [5, 5.41) is 7.88. The van der Waals surface area contributed by atoms with Crippen LogP contribution in [0.1, 0.15) is 27.7 Å². The van der Waals surface area contributed by atoms with Crippen LogP contribution in [0.15, 0.2) is 127 Å². The Labute approximate surface area is 372 Å². The van der Waals surface area contributed by atoms with Crippen LogP contribution in [0.5, 0.6) is 0 Å². The lowest BCUT2D eigenvalue weighted by Gasteiger charge is -2.16. The van der Waals surface area contributed by atoms with E-state index in [0.717, 1.165) is 84.3 Å². The molecule has 0 aliphatic heterocycles. The maximum Gasteiger partial charge on any atom is 0.269 e. The number of benzene rings is 2. The monoisotopic (exact) mass is 1020 g/mol. The molecule has 1 N–H and O–H groups in total. The summed E-state index contributed by atoms with van der Waals surface area (Å²) in [7, 11) is -2.28. The van der Waals surface area contributed by atoms with Crippen LogP contribution in [-0.2, 0) is 19.1 Å². The third-order valence-electron chi connectivity index (χ3n) is 9.01. The molecule has 6 heterocycles. The molecule has 308 valence electrons. The smallest absolute Gasteiger partial charge is 0.269 e. The minimum Gasteiger partial charge on any atom is -0.349 e. The second-order valence-corrected chi connectivity index (χ2v) is 20.4. The SMILES string of the molecule is CCN(CC)c1nc(-c2c[nH]c3ncc(Br)cc23)cs1.CCN(CC)c1nc(-c2cn(S(=O)(=O)c3ccccc3)c3ncc(Br)cc23)cs1.O=S(=O)(Cl)c1ccccc1. The molecule has 6 aromatic heterocycles. The number of hydrogen-bond donors (Lipinski definition) is 1. The summed E-state index contributed by atoms with van der Waals surface area (Å²) in [6.45, 7) is 12.2. The number of hydrogen-bond acceptors (Lipinski definition) is 12. The maximum atomic E-state index is 13.3. The lowest BCUT2D eigenvalue weighted by atomic mass is 10.2. The van der Waals surface area contributed by atoms with Crippen molar-refractivity contribution in [1.29, 1.82) is 0 Å². The standard InChI is InChI=1S/C20H19BrN4O2S2.C14H15BrN4S.C6H5ClO2S/c1-3-24(4-2)20-23-18(13-28-20)17-12-25(19-16(17)10-14(21)11-22-19)29(26,27)15-8-6-5-7-9-15;1-3-19(4-2)14-18-12(8-20-14)11-7-17-13-10(11)5-9(15)6-16-13;7-10(8,9)6-4-2-1-3-5-6/h5-13H,3-4H2,1-2H3;5-8H,3-4H2,1-2H3,(H,16,17);1-5H. The fourth-order valence-electron chi connectivity index (χ4n) is 5.97. The second kappa shape index (κ2) is 19.5. The van der Waals surface area contributed by atoms with E-state index >= 15 is 0 Å². The van der Waals surface area contributed by atoms with Gasteiger partial charge in [0.1, 0.15) is 5.65 Å². The van der Waals surface area contributed by atoms with Crippen molar-refractivity contribution in [3.05, 3.63) is 117 Å². The van der Waals surface area contributed by atoms with E-state index in [0.29, 0.717) is 5.65 Å². The Kier molecular flexibility index (Phi) is 14.7. The summed E-state index contributed by atoms with van der Waals surface area (Å²) in [4.78, 5) is 26.3. The number of nitrogens with zero attached hydrogens (tertiary/aromatic N) is 7. The number of rotatable bonds is 11. The zero-order valence-electron chi connectivity index (χ0n) is 32.3. The number of anilines is 2. The Bertz CT molecular complexity index is 2880. The van der Waals surface area contributed by atoms with Gasteiger partial charge >= 0.3 is 0 Å². The van der Waals surface area contributed by atoms with Crippen LogP contribution >= 0.6 is 65.2 Å². The Hall–Kier alpha value is -4.17. The van der Waals surface area contributed by atoms with Crippen molar-refractivity contribution >= 4 is 117 Å². The summed E-state index contributed by atoms with van der Waals surface area (Å²) in [6.07, 6.45) is 7.00. The highest BCUT2D eigenvalue weighted by Crippen LogP contribution is 2.36. The van der Waals surface area contributed by atoms with E-state index in [2.05, 4.69) is 95.8 Å². The van der Waals surface area contributed by atoms with Crippen molar-refractivity contribution in [3.8, 4) is 22.5 Å². The van der Waals surface area contributed by atoms with Crippen molar-refractivity contribution < 1.29 is 16.8 Å². The molecule has 0 amide bonds. The molecule has 8 aromatic rings. The number of thiazole rings is 2. The first kappa shape index (κ1) is 44.4. The second-order valence-electron chi connectivity index (χ2n) is 12.6. The maximum absolute atomic E-state index is 13.3. The van der Waals surface area contributed by atoms with Crippen molar-refractivity contribution in [2.24, 2.45) is 0 Å². The number of halogens is 3. The number of aromatic nitrogens is 6. The number of nitrogens with one attached hydrogen (secondary N) is 1. The molecule has 0 aliphatic carbocycles. The van der Waals surface area contributed by atoms with Crippen LogP contribution in [0.2, 0.25) is 0 Å². The summed E-state index contributed by atoms with van der Waals surface area (Å²) < 4.78 is 50.7. The van der Waals surface area contributed by atoms with Gasteiger partial charge in [-0.25, -0.2) is 40.7 Å². The number of pyridine rings is 2. The van der Waals surface area contributed by atoms with Gasteiger partial charge < -0.3 is 14.8 Å². The Balaban J connectivity index is 0.000000168. The van der Waals surface area contributed by atoms with Gasteiger partial charge in [0.2, 0.25) is 0 Å². The lowest BCUT2D eigenvalue weighted by molar-refractivity contribution is 0.588. The highest BCUT2D eigenvalue weighted by molar-refractivity contribution is 9.10. The summed E-state index contributed by atoms with van der Waals surface area (Å²) in [5.74, 6) is 0. The zero-order valence-corrected chi connectivity index (χ0v) is 39.4. The Morgan fingerprint density at radius 3 is 1.69 bits per heavy atom. The Morgan fingerprint density at radius 2 is 1.19 bits per heavy atom. The van der Waals surface area contributed by atoms with Crippen molar-refractivity contribution in [2.75, 3.05) is 36.0 Å². The third-order valence-corrected chi connectivity index (χ3v) is 14.7. The largest absolute Gasteiger partial charge is 0.349 e. The van der Waals surface area contributed by atoms with Gasteiger partial charge in [-0.15, -0.1) is 22.7 Å². The predicted octanol–water partition coefficient (Wildman–Crippen LogP) is 10.9. The van der Waals surface area contributed by atoms with E-state index in [1.165, 1.54) is 16.1 Å². The molecule has 2 aromatic carbocycles. The van der Waals surface area contributed by atoms with Gasteiger partial charge in [0.15, 0.2) is 15.9 Å². The van der Waals surface area contributed by atoms with Gasteiger partial charge in [-0.2, -0.15) is 0 Å². The zero-order chi connectivity index (χ0) is 42.3. The first-order chi connectivity index (χ1) is 28.3. The molecule has 12 nitrogen and oxygen atoms in total. The van der Waals surface area contributed by atoms with Crippen LogP contribution < -0.4 is 9.80 Å². The van der Waals surface area contributed by atoms with Gasteiger partial charge in [0, 0.05) is 103 Å². The molecule has 0 aliphatic rings. The lowest BCUT2D eigenvalue weighted by Crippen LogP contribution is -2.21. The molecule has 0 radical (unpaired) electrons. The highest BCUT2D eigenvalue weighted by atomic mass is 79.9. The van der Waals surface area contributed by atoms with E-state index in [9.17, 15) is 16.8 Å². The normalized spacial score (nSPS) is 11.5. The van der Waals surface area contributed by atoms with E-state index in [1.54, 1.807) is 89.8 Å². The van der Waals surface area contributed by atoms with Gasteiger partial charge in [0.05, 0.1) is 21.2 Å². The van der Waals surface area contributed by atoms with Crippen LogP contribution in [0.25, 0.3) is 44.6 Å². The molecule has 0 unspecified atom stereocenters. The molecule has 0 saturated carbocycles. The number of aromatic amines is 1. The van der Waals surface area contributed by atoms with Crippen LogP contribution in [0, 0.1) is 0 Å². The van der Waals surface area contributed by atoms with Crippen LogP contribution in [-0.4, -0.2) is 71.9 Å². The van der Waals surface area contributed by atoms with Crippen LogP contribution in [0.3, 0.4) is 0 Å². The molecule has 19 heteroatoms. The third kappa shape index (κ3) is 10.2. The first-order valence-electron chi connectivity index (χ1n) is 18.3. The number of fused-ring (bicyclic) bond motifs is 2. The van der Waals surface area contributed by atoms with Crippen molar-refractivity contribution in [1.82, 2.24) is 28.9 Å². The molecule has 0 atom stereocenters. The average Bonchev–Trinajstić information content (AvgIpc) is 4.06. The molecule has 0 saturated heterocycles. The topological polar surface area (TPSA) is 147 Å². The molecular formula is C40H39Br2ClN8O4S4. The fourth-order valence-corrected chi connectivity index (χ4v) is 10.7. The van der Waals surface area contributed by atoms with E-state index in [-0.39, 0.29) is 9.79 Å². The van der Waals surface area contributed by atoms with Crippen molar-refractivity contribution in [2.45, 2.75) is 37.5 Å². The fraction of sp³-hybridized carbons (Fsp3) is 0.200. The molecule has 0 bridgehead atoms. The van der Waals surface area contributed by atoms with Gasteiger partial charge in [-0.1, -0.05) is 36.4 Å². The quantitative estimate of drug-likeness (QED) is 0.124. The molecule has 0 fully saturated rings. The van der Waals surface area contributed by atoms with Gasteiger partial charge in [-0.05, 0) is 96.0 Å². The van der Waals surface area contributed by atoms with Crippen LogP contribution in [0.4, 0.5) is 10.3 Å². The average molecular weight is 1020 g/mol. The predicted molar refractivity (Wildman–Crippen MR) is 249 cm³/mol. The minimum atomic E-state index is -3.78. The summed E-state index contributed by atoms with van der Waals surface area (Å²) in [5.41, 5.74) is 4.85. The molecule has 59 heavy (non-hydrogen) atoms. The molecule has 8 rings (SSSR count). The van der Waals surface area contributed by atoms with E-state index in [1.807, 2.05) is 17.6 Å². The molecule has 0 spiro atoms. The minimum absolute atomic E-state index is 0.136. The van der Waals surface area contributed by atoms with E-state index in [4.69, 9.17) is 20.7 Å². The van der Waals surface area contributed by atoms with E-state index < -0.39 is 19.1 Å². The summed E-state index contributed by atoms with van der Waals surface area (Å²) in [6, 6.07) is 20.2. The van der Waals surface area contributed by atoms with Crippen molar-refractivity contribution in [3.63, 3.8) is 0 Å². The van der Waals surface area contributed by atoms with Gasteiger partial charge in [-0.3, -0.25) is 0 Å². The molecular weight excluding hydrogens is 980 g/mol. The van der Waals surface area contributed by atoms with Gasteiger partial charge in [0.25, 0.3) is 19.1 Å². The highest BCUT2D eigenvalue weighted by Gasteiger charge is 2.24. The Morgan fingerprint density at radius 1 is 0.695 bits per heavy atom. The number of H-pyrrole nitrogens is 1.